The van der Waals surface area contributed by atoms with Crippen LogP contribution >= 0.6 is 0 Å². The first-order valence-electron chi connectivity index (χ1n) is 7.69. The topological polar surface area (TPSA) is 41.1 Å². The van der Waals surface area contributed by atoms with E-state index in [2.05, 4.69) is 55.7 Å². The molecule has 3 heteroatoms. The molecular formula is C17H26N2O. The highest BCUT2D eigenvalue weighted by Crippen LogP contribution is 2.17. The Kier molecular flexibility index (Phi) is 5.18. The van der Waals surface area contributed by atoms with Gasteiger partial charge in [-0.25, -0.2) is 0 Å². The minimum Gasteiger partial charge on any atom is -0.355 e. The van der Waals surface area contributed by atoms with E-state index in [0.29, 0.717) is 5.92 Å². The van der Waals surface area contributed by atoms with Crippen molar-refractivity contribution in [2.45, 2.75) is 52.1 Å². The van der Waals surface area contributed by atoms with Crippen LogP contribution in [0.25, 0.3) is 0 Å². The number of hydrogen-bond donors (Lipinski definition) is 2. The van der Waals surface area contributed by atoms with Crippen molar-refractivity contribution in [2.75, 3.05) is 6.54 Å². The fourth-order valence-electron chi connectivity index (χ4n) is 2.74. The van der Waals surface area contributed by atoms with Crippen molar-refractivity contribution in [3.05, 3.63) is 35.4 Å². The van der Waals surface area contributed by atoms with Gasteiger partial charge in [0.15, 0.2) is 0 Å². The number of rotatable bonds is 5. The number of benzene rings is 1. The highest BCUT2D eigenvalue weighted by molar-refractivity contribution is 5.82. The van der Waals surface area contributed by atoms with Crippen LogP contribution in [0.5, 0.6) is 0 Å². The van der Waals surface area contributed by atoms with Gasteiger partial charge in [0.05, 0.1) is 6.04 Å². The molecule has 1 fully saturated rings. The quantitative estimate of drug-likeness (QED) is 0.867. The van der Waals surface area contributed by atoms with Gasteiger partial charge in [0, 0.05) is 12.6 Å². The molecule has 1 aromatic rings. The number of carbonyl (C=O) groups excluding carboxylic acids is 1. The van der Waals surface area contributed by atoms with Gasteiger partial charge in [0.1, 0.15) is 0 Å². The van der Waals surface area contributed by atoms with Gasteiger partial charge in [0.25, 0.3) is 0 Å². The van der Waals surface area contributed by atoms with Crippen molar-refractivity contribution in [3.63, 3.8) is 0 Å². The lowest BCUT2D eigenvalue weighted by Gasteiger charge is -2.26. The summed E-state index contributed by atoms with van der Waals surface area (Å²) in [6.07, 6.45) is 3.11. The molecule has 1 aliphatic heterocycles. The molecule has 1 aromatic carbocycles. The highest BCUT2D eigenvalue weighted by Gasteiger charge is 2.23. The standard InChI is InChI=1S/C17H26N2O/c1-12(2)11-14-6-8-15(9-7-14)13(3)19-16-5-4-10-18-17(16)20/h6-9,12-13,16,19H,4-5,10-11H2,1-3H3,(H,18,20). The van der Waals surface area contributed by atoms with E-state index in [1.807, 2.05) is 0 Å². The Morgan fingerprint density at radius 2 is 1.95 bits per heavy atom. The predicted octanol–water partition coefficient (Wildman–Crippen LogP) is 2.81. The normalized spacial score (nSPS) is 20.8. The summed E-state index contributed by atoms with van der Waals surface area (Å²) in [5.74, 6) is 0.821. The number of carbonyl (C=O) groups is 1. The van der Waals surface area contributed by atoms with E-state index in [4.69, 9.17) is 0 Å². The SMILES string of the molecule is CC(C)Cc1ccc(C(C)NC2CCCNC2=O)cc1. The molecule has 1 heterocycles. The first-order chi connectivity index (χ1) is 9.56. The average Bonchev–Trinajstić information content (AvgIpc) is 2.41. The second-order valence-electron chi connectivity index (χ2n) is 6.21. The molecule has 0 radical (unpaired) electrons. The third-order valence-corrected chi connectivity index (χ3v) is 3.86. The summed E-state index contributed by atoms with van der Waals surface area (Å²) in [5.41, 5.74) is 2.63. The minimum atomic E-state index is -0.0471. The molecule has 0 bridgehead atoms. The third kappa shape index (κ3) is 4.07. The molecule has 110 valence electrons. The number of amides is 1. The molecule has 0 aliphatic carbocycles. The maximum absolute atomic E-state index is 11.8. The lowest BCUT2D eigenvalue weighted by atomic mass is 9.99. The lowest BCUT2D eigenvalue weighted by molar-refractivity contribution is -0.124. The first kappa shape index (κ1) is 15.0. The zero-order chi connectivity index (χ0) is 14.5. The summed E-state index contributed by atoms with van der Waals surface area (Å²) in [4.78, 5) is 11.8. The Morgan fingerprint density at radius 1 is 1.25 bits per heavy atom. The fourth-order valence-corrected chi connectivity index (χ4v) is 2.74. The Balaban J connectivity index is 1.94. The molecule has 0 spiro atoms. The highest BCUT2D eigenvalue weighted by atomic mass is 16.2. The third-order valence-electron chi connectivity index (χ3n) is 3.86. The summed E-state index contributed by atoms with van der Waals surface area (Å²) in [5, 5.41) is 6.35. The second-order valence-corrected chi connectivity index (χ2v) is 6.21. The molecule has 2 atom stereocenters. The Morgan fingerprint density at radius 3 is 2.55 bits per heavy atom. The van der Waals surface area contributed by atoms with Crippen molar-refractivity contribution < 1.29 is 4.79 Å². The van der Waals surface area contributed by atoms with Gasteiger partial charge in [-0.05, 0) is 43.2 Å². The van der Waals surface area contributed by atoms with E-state index >= 15 is 0 Å². The Bertz CT molecular complexity index is 439. The van der Waals surface area contributed by atoms with Gasteiger partial charge in [-0.3, -0.25) is 10.1 Å². The smallest absolute Gasteiger partial charge is 0.237 e. The monoisotopic (exact) mass is 274 g/mol. The van der Waals surface area contributed by atoms with Crippen LogP contribution in [0.3, 0.4) is 0 Å². The Hall–Kier alpha value is -1.35. The molecule has 20 heavy (non-hydrogen) atoms. The van der Waals surface area contributed by atoms with Crippen molar-refractivity contribution in [1.29, 1.82) is 0 Å². The van der Waals surface area contributed by atoms with Crippen molar-refractivity contribution in [2.24, 2.45) is 5.92 Å². The van der Waals surface area contributed by atoms with E-state index < -0.39 is 0 Å². The van der Waals surface area contributed by atoms with Crippen LogP contribution in [0.4, 0.5) is 0 Å². The van der Waals surface area contributed by atoms with Crippen LogP contribution in [-0.4, -0.2) is 18.5 Å². The van der Waals surface area contributed by atoms with E-state index in [9.17, 15) is 4.79 Å². The molecular weight excluding hydrogens is 248 g/mol. The van der Waals surface area contributed by atoms with Crippen LogP contribution in [0.15, 0.2) is 24.3 Å². The molecule has 0 saturated carbocycles. The van der Waals surface area contributed by atoms with Gasteiger partial charge in [0.2, 0.25) is 5.91 Å². The molecule has 1 aliphatic rings. The van der Waals surface area contributed by atoms with Crippen LogP contribution in [0, 0.1) is 5.92 Å². The van der Waals surface area contributed by atoms with Crippen molar-refractivity contribution >= 4 is 5.91 Å². The summed E-state index contributed by atoms with van der Waals surface area (Å²) < 4.78 is 0. The van der Waals surface area contributed by atoms with Crippen LogP contribution in [-0.2, 0) is 11.2 Å². The zero-order valence-corrected chi connectivity index (χ0v) is 12.8. The maximum atomic E-state index is 11.8. The van der Waals surface area contributed by atoms with Crippen molar-refractivity contribution in [1.82, 2.24) is 10.6 Å². The van der Waals surface area contributed by atoms with E-state index in [0.717, 1.165) is 25.8 Å². The molecule has 1 amide bonds. The number of piperidine rings is 1. The van der Waals surface area contributed by atoms with Crippen LogP contribution < -0.4 is 10.6 Å². The largest absolute Gasteiger partial charge is 0.355 e. The zero-order valence-electron chi connectivity index (χ0n) is 12.8. The summed E-state index contributed by atoms with van der Waals surface area (Å²) in [6.45, 7) is 7.41. The van der Waals surface area contributed by atoms with Gasteiger partial charge < -0.3 is 5.32 Å². The van der Waals surface area contributed by atoms with Gasteiger partial charge in [-0.15, -0.1) is 0 Å². The lowest BCUT2D eigenvalue weighted by Crippen LogP contribution is -2.48. The van der Waals surface area contributed by atoms with E-state index in [1.165, 1.54) is 11.1 Å². The summed E-state index contributed by atoms with van der Waals surface area (Å²) >= 11 is 0. The van der Waals surface area contributed by atoms with Crippen molar-refractivity contribution in [3.8, 4) is 0 Å². The molecule has 2 unspecified atom stereocenters. The van der Waals surface area contributed by atoms with Crippen LogP contribution in [0.1, 0.15) is 50.8 Å². The number of nitrogens with one attached hydrogen (secondary N) is 2. The predicted molar refractivity (Wildman–Crippen MR) is 82.6 cm³/mol. The van der Waals surface area contributed by atoms with E-state index in [-0.39, 0.29) is 18.0 Å². The second kappa shape index (κ2) is 6.89. The van der Waals surface area contributed by atoms with E-state index in [1.54, 1.807) is 0 Å². The molecule has 0 aromatic heterocycles. The Labute approximate surface area is 122 Å². The van der Waals surface area contributed by atoms with Gasteiger partial charge >= 0.3 is 0 Å². The molecule has 3 nitrogen and oxygen atoms in total. The first-order valence-corrected chi connectivity index (χ1v) is 7.69. The number of hydrogen-bond acceptors (Lipinski definition) is 2. The molecule has 2 N–H and O–H groups in total. The van der Waals surface area contributed by atoms with Crippen LogP contribution in [0.2, 0.25) is 0 Å². The minimum absolute atomic E-state index is 0.0471. The molecule has 1 saturated heterocycles. The molecule has 2 rings (SSSR count). The maximum Gasteiger partial charge on any atom is 0.237 e. The summed E-state index contributed by atoms with van der Waals surface area (Å²) in [6, 6.07) is 8.92. The van der Waals surface area contributed by atoms with Gasteiger partial charge in [-0.2, -0.15) is 0 Å². The summed E-state index contributed by atoms with van der Waals surface area (Å²) in [7, 11) is 0. The van der Waals surface area contributed by atoms with Gasteiger partial charge in [-0.1, -0.05) is 38.1 Å². The average molecular weight is 274 g/mol. The fraction of sp³-hybridized carbons (Fsp3) is 0.588.